The fraction of sp³-hybridized carbons (Fsp3) is 0.556. The summed E-state index contributed by atoms with van der Waals surface area (Å²) in [7, 11) is 0. The maximum absolute atomic E-state index is 12.4. The van der Waals surface area contributed by atoms with Crippen LogP contribution in [0.1, 0.15) is 26.7 Å². The molecule has 1 unspecified atom stereocenters. The molecule has 2 aliphatic rings. The average molecular weight is 332 g/mol. The van der Waals surface area contributed by atoms with E-state index in [1.807, 2.05) is 30.3 Å². The van der Waals surface area contributed by atoms with Crippen molar-refractivity contribution in [3.05, 3.63) is 30.3 Å². The van der Waals surface area contributed by atoms with Gasteiger partial charge in [0.2, 0.25) is 0 Å². The molecule has 1 aromatic rings. The predicted octanol–water partition coefficient (Wildman–Crippen LogP) is 2.35. The van der Waals surface area contributed by atoms with E-state index in [2.05, 4.69) is 19.2 Å². The Morgan fingerprint density at radius 1 is 1.29 bits per heavy atom. The molecule has 0 aromatic heterocycles. The van der Waals surface area contributed by atoms with Crippen LogP contribution in [0.25, 0.3) is 0 Å². The number of likely N-dealkylation sites (tertiary alicyclic amines) is 1. The number of carbonyl (C=O) groups excluding carboxylic acids is 1. The summed E-state index contributed by atoms with van der Waals surface area (Å²) in [5.74, 6) is -0.436. The summed E-state index contributed by atoms with van der Waals surface area (Å²) in [5.41, 5.74) is -0.169. The molecule has 1 saturated heterocycles. The minimum atomic E-state index is -0.828. The van der Waals surface area contributed by atoms with Crippen molar-refractivity contribution in [2.24, 2.45) is 11.3 Å². The number of nitrogens with zero attached hydrogens (tertiary/aromatic N) is 1. The number of para-hydroxylation sites is 1. The van der Waals surface area contributed by atoms with E-state index in [9.17, 15) is 9.59 Å². The molecule has 1 heterocycles. The molecule has 2 N–H and O–H groups in total. The second kappa shape index (κ2) is 6.34. The Kier molecular flexibility index (Phi) is 4.39. The molecule has 0 radical (unpaired) electrons. The molecule has 1 aromatic carbocycles. The third-order valence-electron chi connectivity index (χ3n) is 5.32. The average Bonchev–Trinajstić information content (AvgIpc) is 3.05. The minimum Gasteiger partial charge on any atom is -0.490 e. The number of rotatable bonds is 4. The molecule has 6 nitrogen and oxygen atoms in total. The standard InChI is InChI=1S/C18H24N2O4/c1-18(2)14(10-15(18)24-13-6-4-3-5-7-13)19-17(23)20-9-8-12(11-20)16(21)22/h3-7,12,14-15H,8-11H2,1-2H3,(H,19,23)(H,21,22)/t12?,14-,15+/m0/s1. The summed E-state index contributed by atoms with van der Waals surface area (Å²) in [4.78, 5) is 25.0. The van der Waals surface area contributed by atoms with Gasteiger partial charge in [-0.15, -0.1) is 0 Å². The van der Waals surface area contributed by atoms with Gasteiger partial charge in [0.1, 0.15) is 11.9 Å². The van der Waals surface area contributed by atoms with Gasteiger partial charge in [0.05, 0.1) is 5.92 Å². The van der Waals surface area contributed by atoms with E-state index >= 15 is 0 Å². The van der Waals surface area contributed by atoms with E-state index in [-0.39, 0.29) is 30.1 Å². The maximum atomic E-state index is 12.4. The number of carboxylic acids is 1. The molecular formula is C18H24N2O4. The smallest absolute Gasteiger partial charge is 0.317 e. The van der Waals surface area contributed by atoms with Crippen molar-refractivity contribution in [3.63, 3.8) is 0 Å². The number of hydrogen-bond acceptors (Lipinski definition) is 3. The first-order valence-corrected chi connectivity index (χ1v) is 8.38. The van der Waals surface area contributed by atoms with E-state index < -0.39 is 11.9 Å². The highest BCUT2D eigenvalue weighted by Crippen LogP contribution is 2.43. The zero-order chi connectivity index (χ0) is 17.3. The maximum Gasteiger partial charge on any atom is 0.317 e. The molecule has 2 amide bonds. The highest BCUT2D eigenvalue weighted by Gasteiger charge is 2.51. The number of aliphatic carboxylic acids is 1. The summed E-state index contributed by atoms with van der Waals surface area (Å²) >= 11 is 0. The van der Waals surface area contributed by atoms with E-state index in [0.29, 0.717) is 13.0 Å². The van der Waals surface area contributed by atoms with Crippen molar-refractivity contribution < 1.29 is 19.4 Å². The monoisotopic (exact) mass is 332 g/mol. The normalized spacial score (nSPS) is 28.1. The summed E-state index contributed by atoms with van der Waals surface area (Å²) < 4.78 is 6.01. The molecule has 3 atom stereocenters. The van der Waals surface area contributed by atoms with Crippen LogP contribution in [0.15, 0.2) is 30.3 Å². The van der Waals surface area contributed by atoms with Crippen LogP contribution in [0.2, 0.25) is 0 Å². The molecule has 1 aliphatic heterocycles. The number of hydrogen-bond donors (Lipinski definition) is 2. The highest BCUT2D eigenvalue weighted by molar-refractivity contribution is 5.77. The van der Waals surface area contributed by atoms with Gasteiger partial charge < -0.3 is 20.1 Å². The highest BCUT2D eigenvalue weighted by atomic mass is 16.5. The van der Waals surface area contributed by atoms with Crippen LogP contribution in [-0.4, -0.2) is 47.2 Å². The zero-order valence-electron chi connectivity index (χ0n) is 14.1. The molecule has 3 rings (SSSR count). The van der Waals surface area contributed by atoms with E-state index in [1.165, 1.54) is 0 Å². The van der Waals surface area contributed by atoms with Crippen molar-refractivity contribution in [3.8, 4) is 5.75 Å². The summed E-state index contributed by atoms with van der Waals surface area (Å²) in [6.45, 7) is 4.95. The van der Waals surface area contributed by atoms with Crippen molar-refractivity contribution in [2.75, 3.05) is 13.1 Å². The van der Waals surface area contributed by atoms with Crippen molar-refractivity contribution in [2.45, 2.75) is 38.8 Å². The minimum absolute atomic E-state index is 0.0302. The Labute approximate surface area is 141 Å². The van der Waals surface area contributed by atoms with Gasteiger partial charge in [-0.3, -0.25) is 4.79 Å². The van der Waals surface area contributed by atoms with Gasteiger partial charge in [-0.05, 0) is 18.6 Å². The first-order valence-electron chi connectivity index (χ1n) is 8.38. The van der Waals surface area contributed by atoms with Gasteiger partial charge in [-0.25, -0.2) is 4.79 Å². The fourth-order valence-corrected chi connectivity index (χ4v) is 3.38. The molecule has 6 heteroatoms. The van der Waals surface area contributed by atoms with Crippen LogP contribution in [0, 0.1) is 11.3 Å². The summed E-state index contributed by atoms with van der Waals surface area (Å²) in [6.07, 6.45) is 1.33. The molecule has 2 fully saturated rings. The largest absolute Gasteiger partial charge is 0.490 e. The topological polar surface area (TPSA) is 78.9 Å². The number of carboxylic acid groups (broad SMARTS) is 1. The lowest BCUT2D eigenvalue weighted by molar-refractivity contribution is -0.141. The lowest BCUT2D eigenvalue weighted by Crippen LogP contribution is -2.64. The molecule has 0 bridgehead atoms. The number of ether oxygens (including phenoxy) is 1. The van der Waals surface area contributed by atoms with Gasteiger partial charge >= 0.3 is 12.0 Å². The Bertz CT molecular complexity index is 617. The van der Waals surface area contributed by atoms with Crippen molar-refractivity contribution >= 4 is 12.0 Å². The van der Waals surface area contributed by atoms with Crippen LogP contribution in [0.4, 0.5) is 4.79 Å². The Morgan fingerprint density at radius 3 is 2.58 bits per heavy atom. The van der Waals surface area contributed by atoms with E-state index in [4.69, 9.17) is 9.84 Å². The lowest BCUT2D eigenvalue weighted by atomic mass is 9.64. The Morgan fingerprint density at radius 2 is 2.00 bits per heavy atom. The van der Waals surface area contributed by atoms with E-state index in [1.54, 1.807) is 4.90 Å². The van der Waals surface area contributed by atoms with Crippen molar-refractivity contribution in [1.29, 1.82) is 0 Å². The van der Waals surface area contributed by atoms with Gasteiger partial charge in [-0.2, -0.15) is 0 Å². The molecule has 1 aliphatic carbocycles. The number of amides is 2. The zero-order valence-corrected chi connectivity index (χ0v) is 14.1. The lowest BCUT2D eigenvalue weighted by Gasteiger charge is -2.51. The Balaban J connectivity index is 1.52. The Hall–Kier alpha value is -2.24. The van der Waals surface area contributed by atoms with Gasteiger partial charge in [0.15, 0.2) is 0 Å². The van der Waals surface area contributed by atoms with Crippen LogP contribution in [0.3, 0.4) is 0 Å². The van der Waals surface area contributed by atoms with Crippen LogP contribution in [0.5, 0.6) is 5.75 Å². The molecule has 0 spiro atoms. The van der Waals surface area contributed by atoms with Gasteiger partial charge in [0, 0.05) is 31.0 Å². The van der Waals surface area contributed by atoms with Gasteiger partial charge in [0.25, 0.3) is 0 Å². The SMILES string of the molecule is CC1(C)[C@@H](NC(=O)N2CCC(C(=O)O)C2)C[C@H]1Oc1ccccc1. The third kappa shape index (κ3) is 3.18. The molecular weight excluding hydrogens is 308 g/mol. The number of nitrogens with one attached hydrogen (secondary N) is 1. The summed E-state index contributed by atoms with van der Waals surface area (Å²) in [6, 6.07) is 9.54. The van der Waals surface area contributed by atoms with E-state index in [0.717, 1.165) is 12.2 Å². The van der Waals surface area contributed by atoms with Gasteiger partial charge in [-0.1, -0.05) is 32.0 Å². The number of urea groups is 1. The molecule has 24 heavy (non-hydrogen) atoms. The molecule has 130 valence electrons. The number of carbonyl (C=O) groups is 2. The fourth-order valence-electron chi connectivity index (χ4n) is 3.38. The molecule has 1 saturated carbocycles. The predicted molar refractivity (Wildman–Crippen MR) is 88.9 cm³/mol. The second-order valence-corrected chi connectivity index (χ2v) is 7.25. The van der Waals surface area contributed by atoms with Crippen molar-refractivity contribution in [1.82, 2.24) is 10.2 Å². The van der Waals surface area contributed by atoms with Crippen LogP contribution in [-0.2, 0) is 4.79 Å². The summed E-state index contributed by atoms with van der Waals surface area (Å²) in [5, 5.41) is 12.1. The quantitative estimate of drug-likeness (QED) is 0.887. The first kappa shape index (κ1) is 16.6. The van der Waals surface area contributed by atoms with Crippen LogP contribution < -0.4 is 10.1 Å². The number of benzene rings is 1. The first-order chi connectivity index (χ1) is 11.4. The second-order valence-electron chi connectivity index (χ2n) is 7.25. The third-order valence-corrected chi connectivity index (χ3v) is 5.32. The van der Waals surface area contributed by atoms with Crippen LogP contribution >= 0.6 is 0 Å².